The average molecular weight is 531 g/mol. The normalized spacial score (nSPS) is 16.6. The van der Waals surface area contributed by atoms with Gasteiger partial charge in [-0.15, -0.1) is 0 Å². The van der Waals surface area contributed by atoms with E-state index in [2.05, 4.69) is 56.6 Å². The topological polar surface area (TPSA) is 79.5 Å². The first-order chi connectivity index (χ1) is 18.2. The minimum Gasteiger partial charge on any atom is -0.495 e. The summed E-state index contributed by atoms with van der Waals surface area (Å²) in [5, 5.41) is 3.48. The SMILES string of the molecule is COc1ccc(CNc2ccc3c(c2)Sc2cccc(C4CN(c5ccc[nH]c5=O)CCO4)c2S3)nc1. The molecule has 1 unspecified atom stereocenters. The molecule has 0 spiro atoms. The molecule has 1 atom stereocenters. The number of ether oxygens (including phenoxy) is 2. The van der Waals surface area contributed by atoms with Crippen molar-refractivity contribution >= 4 is 34.9 Å². The summed E-state index contributed by atoms with van der Waals surface area (Å²) >= 11 is 3.57. The zero-order chi connectivity index (χ0) is 25.2. The van der Waals surface area contributed by atoms with Crippen LogP contribution in [0.3, 0.4) is 0 Å². The molecule has 2 aromatic heterocycles. The molecule has 1 fully saturated rings. The Morgan fingerprint density at radius 3 is 2.89 bits per heavy atom. The Bertz CT molecular complexity index is 1480. The summed E-state index contributed by atoms with van der Waals surface area (Å²) in [6.07, 6.45) is 3.30. The number of fused-ring (bicyclic) bond motifs is 2. The molecule has 4 aromatic rings. The van der Waals surface area contributed by atoms with Gasteiger partial charge in [-0.3, -0.25) is 9.78 Å². The number of anilines is 2. The highest BCUT2D eigenvalue weighted by Gasteiger charge is 2.29. The maximum atomic E-state index is 12.4. The van der Waals surface area contributed by atoms with Crippen LogP contribution in [0.15, 0.2) is 97.4 Å². The van der Waals surface area contributed by atoms with E-state index in [9.17, 15) is 4.79 Å². The summed E-state index contributed by atoms with van der Waals surface area (Å²) in [7, 11) is 1.64. The van der Waals surface area contributed by atoms with E-state index in [1.165, 1.54) is 25.1 Å². The van der Waals surface area contributed by atoms with Crippen LogP contribution in [0.4, 0.5) is 11.4 Å². The third-order valence-electron chi connectivity index (χ3n) is 6.44. The number of pyridine rings is 2. The van der Waals surface area contributed by atoms with Crippen molar-refractivity contribution in [1.82, 2.24) is 9.97 Å². The van der Waals surface area contributed by atoms with Crippen molar-refractivity contribution in [1.29, 1.82) is 0 Å². The first-order valence-electron chi connectivity index (χ1n) is 12.1. The van der Waals surface area contributed by atoms with Crippen molar-refractivity contribution in [3.8, 4) is 5.75 Å². The van der Waals surface area contributed by atoms with Gasteiger partial charge in [0.1, 0.15) is 17.5 Å². The highest BCUT2D eigenvalue weighted by atomic mass is 32.2. The number of methoxy groups -OCH3 is 1. The second-order valence-electron chi connectivity index (χ2n) is 8.77. The van der Waals surface area contributed by atoms with Crippen LogP contribution in [0.2, 0.25) is 0 Å². The van der Waals surface area contributed by atoms with Gasteiger partial charge in [0.15, 0.2) is 0 Å². The summed E-state index contributed by atoms with van der Waals surface area (Å²) in [6.45, 7) is 2.56. The van der Waals surface area contributed by atoms with Crippen molar-refractivity contribution in [3.63, 3.8) is 0 Å². The first-order valence-corrected chi connectivity index (χ1v) is 13.7. The monoisotopic (exact) mass is 530 g/mol. The second-order valence-corrected chi connectivity index (χ2v) is 10.9. The molecule has 7 nitrogen and oxygen atoms in total. The fourth-order valence-electron chi connectivity index (χ4n) is 4.53. The molecule has 9 heteroatoms. The number of hydrogen-bond acceptors (Lipinski definition) is 8. The minimum absolute atomic E-state index is 0.0655. The van der Waals surface area contributed by atoms with Gasteiger partial charge >= 0.3 is 0 Å². The van der Waals surface area contributed by atoms with Crippen LogP contribution in [0.5, 0.6) is 5.75 Å². The molecular formula is C28H26N4O3S2. The van der Waals surface area contributed by atoms with Crippen molar-refractivity contribution < 1.29 is 9.47 Å². The zero-order valence-corrected chi connectivity index (χ0v) is 21.9. The number of rotatable bonds is 6. The zero-order valence-electron chi connectivity index (χ0n) is 20.3. The van der Waals surface area contributed by atoms with Gasteiger partial charge in [-0.1, -0.05) is 35.7 Å². The Hall–Kier alpha value is -3.40. The highest BCUT2D eigenvalue weighted by molar-refractivity contribution is 8.05. The fourth-order valence-corrected chi connectivity index (χ4v) is 6.98. The lowest BCUT2D eigenvalue weighted by Gasteiger charge is -2.35. The van der Waals surface area contributed by atoms with Gasteiger partial charge in [0.05, 0.1) is 32.2 Å². The molecule has 2 aliphatic heterocycles. The molecule has 0 amide bonds. The smallest absolute Gasteiger partial charge is 0.271 e. The van der Waals surface area contributed by atoms with Crippen molar-refractivity contribution in [2.45, 2.75) is 32.2 Å². The van der Waals surface area contributed by atoms with E-state index in [4.69, 9.17) is 9.47 Å². The summed E-state index contributed by atoms with van der Waals surface area (Å²) in [4.78, 5) is 26.6. The van der Waals surface area contributed by atoms with Gasteiger partial charge in [-0.25, -0.2) is 0 Å². The molecule has 6 rings (SSSR count). The molecular weight excluding hydrogens is 504 g/mol. The van der Waals surface area contributed by atoms with E-state index in [1.807, 2.05) is 24.3 Å². The molecule has 188 valence electrons. The fraction of sp³-hybridized carbons (Fsp3) is 0.214. The third-order valence-corrected chi connectivity index (χ3v) is 9.06. The predicted molar refractivity (Wildman–Crippen MR) is 147 cm³/mol. The predicted octanol–water partition coefficient (Wildman–Crippen LogP) is 5.58. The van der Waals surface area contributed by atoms with Gasteiger partial charge in [0.2, 0.25) is 0 Å². The summed E-state index contributed by atoms with van der Waals surface area (Å²) in [6, 6.07) is 20.5. The minimum atomic E-state index is -0.101. The van der Waals surface area contributed by atoms with Crippen LogP contribution >= 0.6 is 23.5 Å². The lowest BCUT2D eigenvalue weighted by molar-refractivity contribution is 0.0378. The molecule has 1 saturated heterocycles. The van der Waals surface area contributed by atoms with Gasteiger partial charge in [0, 0.05) is 44.6 Å². The second kappa shape index (κ2) is 10.5. The number of hydrogen-bond donors (Lipinski definition) is 2. The van der Waals surface area contributed by atoms with Gasteiger partial charge in [-0.05, 0) is 54.1 Å². The van der Waals surface area contributed by atoms with Crippen LogP contribution in [0.1, 0.15) is 17.4 Å². The first kappa shape index (κ1) is 24.0. The lowest BCUT2D eigenvalue weighted by atomic mass is 10.1. The molecule has 0 bridgehead atoms. The molecule has 0 saturated carbocycles. The third kappa shape index (κ3) is 5.07. The maximum Gasteiger partial charge on any atom is 0.271 e. The standard InChI is InChI=1S/C28H26N4O3S2/c1-34-20-9-7-19(31-16-20)15-30-18-8-10-24-26(14-18)36-25-6-2-4-21(27(25)37-24)23-17-32(12-13-35-23)22-5-3-11-29-28(22)33/h2-11,14,16,23,30H,12-13,15,17H2,1H3,(H,29,33). The van der Waals surface area contributed by atoms with E-state index in [1.54, 1.807) is 43.0 Å². The number of benzene rings is 2. The lowest BCUT2D eigenvalue weighted by Crippen LogP contribution is -2.41. The van der Waals surface area contributed by atoms with Crippen molar-refractivity contribution in [2.24, 2.45) is 0 Å². The summed E-state index contributed by atoms with van der Waals surface area (Å²) in [5.41, 5.74) is 3.81. The number of nitrogens with zero attached hydrogens (tertiary/aromatic N) is 2. The molecule has 4 heterocycles. The molecule has 2 aliphatic rings. The molecule has 2 N–H and O–H groups in total. The summed E-state index contributed by atoms with van der Waals surface area (Å²) < 4.78 is 11.4. The number of morpholine rings is 1. The van der Waals surface area contributed by atoms with Crippen LogP contribution in [-0.4, -0.2) is 36.8 Å². The highest BCUT2D eigenvalue weighted by Crippen LogP contribution is 2.51. The molecule has 2 aromatic carbocycles. The van der Waals surface area contributed by atoms with Crippen LogP contribution < -0.4 is 20.5 Å². The Labute approximate surface area is 223 Å². The van der Waals surface area contributed by atoms with Crippen LogP contribution in [-0.2, 0) is 11.3 Å². The molecule has 0 radical (unpaired) electrons. The quantitative estimate of drug-likeness (QED) is 0.294. The Kier molecular flexibility index (Phi) is 6.82. The Morgan fingerprint density at radius 2 is 2.05 bits per heavy atom. The number of aromatic amines is 1. The van der Waals surface area contributed by atoms with Gasteiger partial charge < -0.3 is 24.7 Å². The van der Waals surface area contributed by atoms with E-state index >= 15 is 0 Å². The van der Waals surface area contributed by atoms with Crippen molar-refractivity contribution in [2.75, 3.05) is 37.0 Å². The summed E-state index contributed by atoms with van der Waals surface area (Å²) in [5.74, 6) is 0.754. The Balaban J connectivity index is 1.19. The van der Waals surface area contributed by atoms with E-state index in [0.717, 1.165) is 17.1 Å². The van der Waals surface area contributed by atoms with Gasteiger partial charge in [-0.2, -0.15) is 0 Å². The van der Waals surface area contributed by atoms with E-state index in [0.29, 0.717) is 31.9 Å². The average Bonchev–Trinajstić information content (AvgIpc) is 2.95. The number of nitrogens with one attached hydrogen (secondary N) is 2. The largest absolute Gasteiger partial charge is 0.495 e. The maximum absolute atomic E-state index is 12.4. The number of aromatic nitrogens is 2. The number of H-pyrrole nitrogens is 1. The molecule has 0 aliphatic carbocycles. The van der Waals surface area contributed by atoms with Crippen LogP contribution in [0, 0.1) is 0 Å². The van der Waals surface area contributed by atoms with Crippen LogP contribution in [0.25, 0.3) is 0 Å². The molecule has 37 heavy (non-hydrogen) atoms. The van der Waals surface area contributed by atoms with E-state index < -0.39 is 0 Å². The van der Waals surface area contributed by atoms with Gasteiger partial charge in [0.25, 0.3) is 5.56 Å². The van der Waals surface area contributed by atoms with E-state index in [-0.39, 0.29) is 11.7 Å². The Morgan fingerprint density at radius 1 is 1.11 bits per heavy atom. The van der Waals surface area contributed by atoms with Crippen molar-refractivity contribution in [3.05, 3.63) is 94.7 Å².